The van der Waals surface area contributed by atoms with Gasteiger partial charge in [-0.15, -0.1) is 0 Å². The smallest absolute Gasteiger partial charge is 0.248 e. The van der Waals surface area contributed by atoms with Gasteiger partial charge in [0, 0.05) is 50.3 Å². The molecule has 1 fully saturated rings. The molecule has 1 N–H and O–H groups in total. The standard InChI is InChI=1S/C16H20N6O2/c1-11-8-13(21-16-17-5-3-6-18-16)20-15(19-11)12-4-7-22(9-12)14(23)10-24-2/h3,5-6,8,12H,4,7,9-10H2,1-2H3,(H,17,18,19,20,21). The van der Waals surface area contributed by atoms with E-state index >= 15 is 0 Å². The predicted molar refractivity (Wildman–Crippen MR) is 87.9 cm³/mol. The summed E-state index contributed by atoms with van der Waals surface area (Å²) in [5, 5.41) is 3.09. The minimum absolute atomic E-state index is 0.00341. The Morgan fingerprint density at radius 3 is 2.92 bits per heavy atom. The Morgan fingerprint density at radius 1 is 1.38 bits per heavy atom. The van der Waals surface area contributed by atoms with Crippen LogP contribution >= 0.6 is 0 Å². The molecule has 3 rings (SSSR count). The number of nitrogens with one attached hydrogen (secondary N) is 1. The molecule has 0 spiro atoms. The zero-order chi connectivity index (χ0) is 16.9. The van der Waals surface area contributed by atoms with E-state index in [0.717, 1.165) is 17.9 Å². The summed E-state index contributed by atoms with van der Waals surface area (Å²) >= 11 is 0. The van der Waals surface area contributed by atoms with Gasteiger partial charge in [-0.25, -0.2) is 19.9 Å². The number of hydrogen-bond acceptors (Lipinski definition) is 7. The highest BCUT2D eigenvalue weighted by molar-refractivity contribution is 5.77. The molecule has 1 aliphatic heterocycles. The molecule has 1 amide bonds. The molecule has 24 heavy (non-hydrogen) atoms. The summed E-state index contributed by atoms with van der Waals surface area (Å²) in [7, 11) is 1.53. The van der Waals surface area contributed by atoms with E-state index < -0.39 is 0 Å². The van der Waals surface area contributed by atoms with Gasteiger partial charge in [-0.1, -0.05) is 0 Å². The number of likely N-dealkylation sites (tertiary alicyclic amines) is 1. The van der Waals surface area contributed by atoms with Crippen LogP contribution in [-0.4, -0.2) is 57.5 Å². The first-order chi connectivity index (χ1) is 11.7. The minimum Gasteiger partial charge on any atom is -0.375 e. The van der Waals surface area contributed by atoms with Gasteiger partial charge in [0.25, 0.3) is 0 Å². The lowest BCUT2D eigenvalue weighted by Crippen LogP contribution is -2.31. The van der Waals surface area contributed by atoms with E-state index in [1.165, 1.54) is 7.11 Å². The largest absolute Gasteiger partial charge is 0.375 e. The molecular weight excluding hydrogens is 308 g/mol. The molecule has 1 unspecified atom stereocenters. The van der Waals surface area contributed by atoms with E-state index in [2.05, 4.69) is 25.3 Å². The first-order valence-electron chi connectivity index (χ1n) is 7.82. The fraction of sp³-hybridized carbons (Fsp3) is 0.438. The van der Waals surface area contributed by atoms with Gasteiger partial charge in [0.05, 0.1) is 0 Å². The van der Waals surface area contributed by atoms with Gasteiger partial charge >= 0.3 is 0 Å². The Balaban J connectivity index is 1.73. The highest BCUT2D eigenvalue weighted by Crippen LogP contribution is 2.26. The SMILES string of the molecule is COCC(=O)N1CCC(c2nc(C)cc(Nc3ncccn3)n2)C1. The lowest BCUT2D eigenvalue weighted by molar-refractivity contribution is -0.134. The number of anilines is 2. The first-order valence-corrected chi connectivity index (χ1v) is 7.82. The van der Waals surface area contributed by atoms with Crippen molar-refractivity contribution in [2.24, 2.45) is 0 Å². The van der Waals surface area contributed by atoms with Crippen molar-refractivity contribution in [3.8, 4) is 0 Å². The molecule has 0 aromatic carbocycles. The molecule has 0 saturated carbocycles. The Hall–Kier alpha value is -2.61. The normalized spacial score (nSPS) is 17.1. The molecule has 126 valence electrons. The number of aromatic nitrogens is 4. The predicted octanol–water partition coefficient (Wildman–Crippen LogP) is 1.28. The number of carbonyl (C=O) groups is 1. The van der Waals surface area contributed by atoms with Crippen molar-refractivity contribution in [1.82, 2.24) is 24.8 Å². The molecule has 0 radical (unpaired) electrons. The maximum Gasteiger partial charge on any atom is 0.248 e. The number of nitrogens with zero attached hydrogens (tertiary/aromatic N) is 5. The topological polar surface area (TPSA) is 93.1 Å². The second-order valence-electron chi connectivity index (χ2n) is 5.71. The van der Waals surface area contributed by atoms with Crippen LogP contribution in [0.4, 0.5) is 11.8 Å². The third-order valence-corrected chi connectivity index (χ3v) is 3.85. The maximum atomic E-state index is 11.9. The fourth-order valence-electron chi connectivity index (χ4n) is 2.73. The van der Waals surface area contributed by atoms with E-state index in [1.807, 2.05) is 13.0 Å². The highest BCUT2D eigenvalue weighted by atomic mass is 16.5. The average molecular weight is 328 g/mol. The molecule has 1 atom stereocenters. The quantitative estimate of drug-likeness (QED) is 0.883. The molecule has 1 aliphatic rings. The van der Waals surface area contributed by atoms with Crippen LogP contribution < -0.4 is 5.32 Å². The van der Waals surface area contributed by atoms with E-state index in [4.69, 9.17) is 4.74 Å². The van der Waals surface area contributed by atoms with Crippen LogP contribution in [0.5, 0.6) is 0 Å². The van der Waals surface area contributed by atoms with Crippen LogP contribution in [0, 0.1) is 6.92 Å². The van der Waals surface area contributed by atoms with Gasteiger partial charge in [0.15, 0.2) is 0 Å². The third kappa shape index (κ3) is 3.83. The zero-order valence-corrected chi connectivity index (χ0v) is 13.8. The lowest BCUT2D eigenvalue weighted by Gasteiger charge is -2.16. The average Bonchev–Trinajstić information content (AvgIpc) is 3.06. The van der Waals surface area contributed by atoms with Crippen LogP contribution in [0.15, 0.2) is 24.5 Å². The Kier molecular flexibility index (Phi) is 4.95. The lowest BCUT2D eigenvalue weighted by atomic mass is 10.1. The van der Waals surface area contributed by atoms with Gasteiger partial charge in [-0.05, 0) is 19.4 Å². The van der Waals surface area contributed by atoms with Crippen LogP contribution in [0.1, 0.15) is 23.9 Å². The molecule has 0 bridgehead atoms. The molecule has 8 nitrogen and oxygen atoms in total. The van der Waals surface area contributed by atoms with E-state index in [9.17, 15) is 4.79 Å². The summed E-state index contributed by atoms with van der Waals surface area (Å²) in [6, 6.07) is 3.61. The fourth-order valence-corrected chi connectivity index (χ4v) is 2.73. The maximum absolute atomic E-state index is 11.9. The molecule has 8 heteroatoms. The highest BCUT2D eigenvalue weighted by Gasteiger charge is 2.29. The molecule has 1 saturated heterocycles. The third-order valence-electron chi connectivity index (χ3n) is 3.85. The van der Waals surface area contributed by atoms with Crippen LogP contribution in [0.2, 0.25) is 0 Å². The second-order valence-corrected chi connectivity index (χ2v) is 5.71. The molecule has 0 aliphatic carbocycles. The minimum atomic E-state index is 0.00341. The number of methoxy groups -OCH3 is 1. The van der Waals surface area contributed by atoms with Crippen molar-refractivity contribution in [2.75, 3.05) is 32.1 Å². The van der Waals surface area contributed by atoms with E-state index in [1.54, 1.807) is 23.4 Å². The number of aryl methyl sites for hydroxylation is 1. The summed E-state index contributed by atoms with van der Waals surface area (Å²) in [6.45, 7) is 3.35. The molecule has 3 heterocycles. The van der Waals surface area contributed by atoms with Crippen LogP contribution in [0.25, 0.3) is 0 Å². The summed E-state index contributed by atoms with van der Waals surface area (Å²) in [6.07, 6.45) is 4.18. The number of ether oxygens (including phenoxy) is 1. The number of rotatable bonds is 5. The van der Waals surface area contributed by atoms with Gasteiger partial charge in [-0.2, -0.15) is 0 Å². The summed E-state index contributed by atoms with van der Waals surface area (Å²) in [5.74, 6) is 2.02. The Bertz CT molecular complexity index is 709. The van der Waals surface area contributed by atoms with Crippen molar-refractivity contribution in [3.05, 3.63) is 36.0 Å². The number of hydrogen-bond donors (Lipinski definition) is 1. The molecular formula is C16H20N6O2. The summed E-state index contributed by atoms with van der Waals surface area (Å²) < 4.78 is 4.92. The van der Waals surface area contributed by atoms with Crippen LogP contribution in [-0.2, 0) is 9.53 Å². The second kappa shape index (κ2) is 7.31. The molecule has 2 aromatic rings. The molecule has 2 aromatic heterocycles. The monoisotopic (exact) mass is 328 g/mol. The zero-order valence-electron chi connectivity index (χ0n) is 13.8. The van der Waals surface area contributed by atoms with Crippen molar-refractivity contribution in [1.29, 1.82) is 0 Å². The van der Waals surface area contributed by atoms with Gasteiger partial charge in [0.2, 0.25) is 11.9 Å². The van der Waals surface area contributed by atoms with Crippen LogP contribution in [0.3, 0.4) is 0 Å². The van der Waals surface area contributed by atoms with Gasteiger partial charge in [0.1, 0.15) is 18.2 Å². The Morgan fingerprint density at radius 2 is 2.17 bits per heavy atom. The van der Waals surface area contributed by atoms with Crippen molar-refractivity contribution in [3.63, 3.8) is 0 Å². The summed E-state index contributed by atoms with van der Waals surface area (Å²) in [4.78, 5) is 31.1. The van der Waals surface area contributed by atoms with E-state index in [-0.39, 0.29) is 18.4 Å². The van der Waals surface area contributed by atoms with Gasteiger partial charge < -0.3 is 15.0 Å². The number of carbonyl (C=O) groups excluding carboxylic acids is 1. The van der Waals surface area contributed by atoms with Gasteiger partial charge in [-0.3, -0.25) is 4.79 Å². The summed E-state index contributed by atoms with van der Waals surface area (Å²) in [5.41, 5.74) is 0.861. The Labute approximate surface area is 140 Å². The van der Waals surface area contributed by atoms with E-state index in [0.29, 0.717) is 24.9 Å². The first kappa shape index (κ1) is 16.3. The van der Waals surface area contributed by atoms with Crippen molar-refractivity contribution in [2.45, 2.75) is 19.3 Å². The van der Waals surface area contributed by atoms with Crippen molar-refractivity contribution < 1.29 is 9.53 Å². The number of amides is 1. The van der Waals surface area contributed by atoms with Crippen molar-refractivity contribution >= 4 is 17.7 Å².